The van der Waals surface area contributed by atoms with E-state index in [2.05, 4.69) is 5.32 Å². The number of fused-ring (bicyclic) bond motifs is 1. The molecule has 2 aliphatic rings. The van der Waals surface area contributed by atoms with E-state index >= 15 is 0 Å². The van der Waals surface area contributed by atoms with Crippen molar-refractivity contribution in [3.05, 3.63) is 29.3 Å². The van der Waals surface area contributed by atoms with Crippen LogP contribution >= 0.6 is 0 Å². The van der Waals surface area contributed by atoms with E-state index in [9.17, 15) is 13.2 Å². The van der Waals surface area contributed by atoms with Crippen LogP contribution in [0.5, 0.6) is 0 Å². The predicted molar refractivity (Wildman–Crippen MR) is 63.9 cm³/mol. The van der Waals surface area contributed by atoms with E-state index in [-0.39, 0.29) is 5.25 Å². The normalized spacial score (nSPS) is 22.8. The number of benzene rings is 1. The number of carboxylic acid groups (broad SMARTS) is 1. The average molecular weight is 267 g/mol. The molecule has 1 atom stereocenters. The minimum Gasteiger partial charge on any atom is -0.480 e. The van der Waals surface area contributed by atoms with Crippen LogP contribution in [0.1, 0.15) is 30.0 Å². The monoisotopic (exact) mass is 267 g/mol. The van der Waals surface area contributed by atoms with E-state index < -0.39 is 21.8 Å². The molecule has 5 nitrogen and oxygen atoms in total. The van der Waals surface area contributed by atoms with Crippen molar-refractivity contribution in [2.24, 2.45) is 0 Å². The van der Waals surface area contributed by atoms with Crippen LogP contribution in [0.15, 0.2) is 23.1 Å². The molecule has 2 N–H and O–H groups in total. The second-order valence-electron chi connectivity index (χ2n) is 4.76. The van der Waals surface area contributed by atoms with Gasteiger partial charge >= 0.3 is 5.97 Å². The Balaban J connectivity index is 2.01. The number of carbonyl (C=O) groups is 1. The van der Waals surface area contributed by atoms with E-state index in [1.165, 1.54) is 6.07 Å². The van der Waals surface area contributed by atoms with Crippen molar-refractivity contribution in [1.82, 2.24) is 5.32 Å². The van der Waals surface area contributed by atoms with Crippen molar-refractivity contribution in [3.8, 4) is 0 Å². The molecule has 18 heavy (non-hydrogen) atoms. The van der Waals surface area contributed by atoms with Crippen LogP contribution in [-0.4, -0.2) is 24.7 Å². The van der Waals surface area contributed by atoms with Gasteiger partial charge in [-0.25, -0.2) is 8.42 Å². The molecule has 0 bridgehead atoms. The molecule has 1 aromatic rings. The van der Waals surface area contributed by atoms with Gasteiger partial charge in [0.2, 0.25) is 0 Å². The van der Waals surface area contributed by atoms with Gasteiger partial charge in [-0.2, -0.15) is 0 Å². The molecule has 1 saturated carbocycles. The van der Waals surface area contributed by atoms with Crippen LogP contribution in [0.4, 0.5) is 0 Å². The molecule has 1 unspecified atom stereocenters. The zero-order valence-corrected chi connectivity index (χ0v) is 10.4. The first-order chi connectivity index (χ1) is 8.50. The van der Waals surface area contributed by atoms with Gasteiger partial charge in [-0.1, -0.05) is 6.07 Å². The Morgan fingerprint density at radius 3 is 2.67 bits per heavy atom. The summed E-state index contributed by atoms with van der Waals surface area (Å²) in [6, 6.07) is 4.02. The van der Waals surface area contributed by atoms with Gasteiger partial charge in [0, 0.05) is 6.54 Å². The summed E-state index contributed by atoms with van der Waals surface area (Å²) in [5.74, 6) is -0.938. The van der Waals surface area contributed by atoms with Crippen molar-refractivity contribution >= 4 is 15.8 Å². The molecule has 1 aliphatic carbocycles. The highest BCUT2D eigenvalue weighted by atomic mass is 32.2. The van der Waals surface area contributed by atoms with Gasteiger partial charge in [0.25, 0.3) is 0 Å². The lowest BCUT2D eigenvalue weighted by molar-refractivity contribution is -0.139. The largest absolute Gasteiger partial charge is 0.480 e. The molecule has 1 aliphatic heterocycles. The number of hydrogen-bond acceptors (Lipinski definition) is 4. The number of carboxylic acids is 1. The van der Waals surface area contributed by atoms with E-state index in [1.807, 2.05) is 0 Å². The maximum Gasteiger partial charge on any atom is 0.325 e. The van der Waals surface area contributed by atoms with Gasteiger partial charge in [-0.05, 0) is 36.1 Å². The molecule has 1 fully saturated rings. The molecule has 0 spiro atoms. The maximum absolute atomic E-state index is 12.1. The molecular weight excluding hydrogens is 254 g/mol. The topological polar surface area (TPSA) is 83.5 Å². The van der Waals surface area contributed by atoms with Crippen LogP contribution < -0.4 is 5.32 Å². The lowest BCUT2D eigenvalue weighted by Crippen LogP contribution is -2.21. The van der Waals surface area contributed by atoms with Crippen molar-refractivity contribution in [3.63, 3.8) is 0 Å². The van der Waals surface area contributed by atoms with Crippen LogP contribution in [0.2, 0.25) is 0 Å². The Morgan fingerprint density at radius 1 is 1.33 bits per heavy atom. The number of nitrogens with one attached hydrogen (secondary N) is 1. The number of hydrogen-bond donors (Lipinski definition) is 2. The zero-order chi connectivity index (χ0) is 12.9. The third-order valence-corrected chi connectivity index (χ3v) is 5.72. The van der Waals surface area contributed by atoms with Crippen molar-refractivity contribution in [1.29, 1.82) is 0 Å². The first kappa shape index (κ1) is 11.7. The second kappa shape index (κ2) is 3.80. The predicted octanol–water partition coefficient (Wildman–Crippen LogP) is 0.852. The minimum atomic E-state index is -3.20. The summed E-state index contributed by atoms with van der Waals surface area (Å²) in [7, 11) is -3.20. The fraction of sp³-hybridized carbons (Fsp3) is 0.417. The molecular formula is C12H13NO4S. The van der Waals surface area contributed by atoms with E-state index in [0.29, 0.717) is 17.0 Å². The summed E-state index contributed by atoms with van der Waals surface area (Å²) in [6.45, 7) is 0.403. The Kier molecular flexibility index (Phi) is 2.46. The van der Waals surface area contributed by atoms with E-state index in [0.717, 1.165) is 18.4 Å². The summed E-state index contributed by atoms with van der Waals surface area (Å²) < 4.78 is 24.1. The standard InChI is InChI=1S/C12H13NO4S/c14-12(15)11-10-4-3-9(5-7(10)6-13-11)18(16,17)8-1-2-8/h3-5,8,11,13H,1-2,6H2,(H,14,15). The smallest absolute Gasteiger partial charge is 0.325 e. The van der Waals surface area contributed by atoms with E-state index in [4.69, 9.17) is 5.11 Å². The molecule has 1 aromatic carbocycles. The highest BCUT2D eigenvalue weighted by Crippen LogP contribution is 2.35. The Hall–Kier alpha value is -1.40. The molecule has 0 amide bonds. The quantitative estimate of drug-likeness (QED) is 0.848. The molecule has 0 saturated heterocycles. The SMILES string of the molecule is O=C(O)C1NCc2cc(S(=O)(=O)C3CC3)ccc21. The Bertz CT molecular complexity index is 619. The van der Waals surface area contributed by atoms with Gasteiger partial charge in [0.05, 0.1) is 10.1 Å². The Morgan fingerprint density at radius 2 is 2.06 bits per heavy atom. The zero-order valence-electron chi connectivity index (χ0n) is 9.59. The van der Waals surface area contributed by atoms with Gasteiger partial charge in [0.1, 0.15) is 6.04 Å². The van der Waals surface area contributed by atoms with Crippen LogP contribution in [0.3, 0.4) is 0 Å². The highest BCUT2D eigenvalue weighted by Gasteiger charge is 2.38. The second-order valence-corrected chi connectivity index (χ2v) is 6.99. The van der Waals surface area contributed by atoms with E-state index in [1.54, 1.807) is 12.1 Å². The molecule has 1 heterocycles. The lowest BCUT2D eigenvalue weighted by Gasteiger charge is -2.07. The van der Waals surface area contributed by atoms with Crippen molar-refractivity contribution in [2.45, 2.75) is 35.6 Å². The molecule has 0 radical (unpaired) electrons. The van der Waals surface area contributed by atoms with Crippen LogP contribution in [0.25, 0.3) is 0 Å². The summed E-state index contributed by atoms with van der Waals surface area (Å²) in [6.07, 6.45) is 1.46. The molecule has 96 valence electrons. The fourth-order valence-corrected chi connectivity index (χ4v) is 4.01. The first-order valence-corrected chi connectivity index (χ1v) is 7.37. The third kappa shape index (κ3) is 1.72. The first-order valence-electron chi connectivity index (χ1n) is 5.83. The Labute approximate surface area is 105 Å². The van der Waals surface area contributed by atoms with Gasteiger partial charge in [-0.3, -0.25) is 10.1 Å². The molecule has 3 rings (SSSR count). The molecule has 6 heteroatoms. The average Bonchev–Trinajstić information content (AvgIpc) is 3.08. The number of sulfone groups is 1. The number of aliphatic carboxylic acids is 1. The summed E-state index contributed by atoms with van der Waals surface area (Å²) in [5.41, 5.74) is 1.43. The highest BCUT2D eigenvalue weighted by molar-refractivity contribution is 7.92. The minimum absolute atomic E-state index is 0.236. The van der Waals surface area contributed by atoms with Crippen molar-refractivity contribution < 1.29 is 18.3 Å². The summed E-state index contributed by atoms with van der Waals surface area (Å²) >= 11 is 0. The van der Waals surface area contributed by atoms with Crippen molar-refractivity contribution in [2.75, 3.05) is 0 Å². The lowest BCUT2D eigenvalue weighted by atomic mass is 10.1. The van der Waals surface area contributed by atoms with Gasteiger partial charge in [0.15, 0.2) is 9.84 Å². The number of rotatable bonds is 3. The van der Waals surface area contributed by atoms with Gasteiger partial charge < -0.3 is 5.11 Å². The van der Waals surface area contributed by atoms with Gasteiger partial charge in [-0.15, -0.1) is 0 Å². The summed E-state index contributed by atoms with van der Waals surface area (Å²) in [5, 5.41) is 11.6. The summed E-state index contributed by atoms with van der Waals surface area (Å²) in [4.78, 5) is 11.3. The maximum atomic E-state index is 12.1. The molecule has 0 aromatic heterocycles. The third-order valence-electron chi connectivity index (χ3n) is 3.46. The van der Waals surface area contributed by atoms with Crippen LogP contribution in [-0.2, 0) is 21.2 Å². The fourth-order valence-electron chi connectivity index (χ4n) is 2.31. The van der Waals surface area contributed by atoms with Crippen LogP contribution in [0, 0.1) is 0 Å².